The second-order valence-corrected chi connectivity index (χ2v) is 10.3. The highest BCUT2D eigenvalue weighted by Gasteiger charge is 2.29. The van der Waals surface area contributed by atoms with E-state index in [-0.39, 0.29) is 0 Å². The standard InChI is InChI=1S/C19H20N4O3S3/c1-14(23(29(2,25)26)16-11-7-4-8-12-16)17(24)20-18-21-22-19(28-18)27-13-15-9-5-3-6-10-15/h3-12,14H,13H2,1-2H3,(H,20,21,24)/t14-/m0/s1. The van der Waals surface area contributed by atoms with Crippen molar-refractivity contribution in [2.24, 2.45) is 0 Å². The zero-order valence-electron chi connectivity index (χ0n) is 15.8. The molecule has 0 radical (unpaired) electrons. The summed E-state index contributed by atoms with van der Waals surface area (Å²) >= 11 is 2.78. The van der Waals surface area contributed by atoms with E-state index in [4.69, 9.17) is 0 Å². The van der Waals surface area contributed by atoms with Gasteiger partial charge in [0.2, 0.25) is 21.1 Å². The van der Waals surface area contributed by atoms with Crippen molar-refractivity contribution in [3.05, 3.63) is 66.2 Å². The maximum Gasteiger partial charge on any atom is 0.249 e. The Balaban J connectivity index is 1.67. The number of para-hydroxylation sites is 1. The van der Waals surface area contributed by atoms with E-state index >= 15 is 0 Å². The van der Waals surface area contributed by atoms with Crippen molar-refractivity contribution in [3.63, 3.8) is 0 Å². The molecule has 10 heteroatoms. The molecular weight excluding hydrogens is 428 g/mol. The summed E-state index contributed by atoms with van der Waals surface area (Å²) < 4.78 is 26.4. The summed E-state index contributed by atoms with van der Waals surface area (Å²) in [5.74, 6) is 0.269. The molecule has 0 saturated heterocycles. The Morgan fingerprint density at radius 1 is 1.10 bits per heavy atom. The van der Waals surface area contributed by atoms with Crippen LogP contribution in [0.15, 0.2) is 65.0 Å². The molecule has 0 fully saturated rings. The zero-order chi connectivity index (χ0) is 20.9. The first kappa shape index (κ1) is 21.3. The minimum absolute atomic E-state index is 0.332. The second-order valence-electron chi connectivity index (χ2n) is 6.21. The highest BCUT2D eigenvalue weighted by Crippen LogP contribution is 2.29. The molecule has 152 valence electrons. The number of carbonyl (C=O) groups is 1. The average molecular weight is 449 g/mol. The molecule has 2 aromatic carbocycles. The minimum Gasteiger partial charge on any atom is -0.299 e. The molecule has 3 rings (SSSR count). The maximum atomic E-state index is 12.7. The van der Waals surface area contributed by atoms with Gasteiger partial charge in [-0.05, 0) is 24.6 Å². The number of benzene rings is 2. The van der Waals surface area contributed by atoms with Gasteiger partial charge in [-0.1, -0.05) is 71.6 Å². The fourth-order valence-electron chi connectivity index (χ4n) is 2.63. The van der Waals surface area contributed by atoms with Crippen LogP contribution in [0.1, 0.15) is 12.5 Å². The van der Waals surface area contributed by atoms with Crippen LogP contribution < -0.4 is 9.62 Å². The zero-order valence-corrected chi connectivity index (χ0v) is 18.3. The van der Waals surface area contributed by atoms with Gasteiger partial charge in [0, 0.05) is 5.75 Å². The molecule has 1 heterocycles. The monoisotopic (exact) mass is 448 g/mol. The van der Waals surface area contributed by atoms with Crippen LogP contribution in [0, 0.1) is 0 Å². The van der Waals surface area contributed by atoms with Gasteiger partial charge < -0.3 is 0 Å². The Morgan fingerprint density at radius 3 is 2.34 bits per heavy atom. The van der Waals surface area contributed by atoms with Crippen LogP contribution in [0.3, 0.4) is 0 Å². The molecule has 0 unspecified atom stereocenters. The third-order valence-corrected chi connectivity index (χ3v) is 7.23. The number of hydrogen-bond acceptors (Lipinski definition) is 7. The lowest BCUT2D eigenvalue weighted by Crippen LogP contribution is -2.45. The molecule has 0 aliphatic rings. The third-order valence-electron chi connectivity index (χ3n) is 3.94. The highest BCUT2D eigenvalue weighted by molar-refractivity contribution is 8.00. The Bertz CT molecular complexity index is 1060. The Labute approximate surface area is 178 Å². The number of sulfonamides is 1. The van der Waals surface area contributed by atoms with Crippen LogP contribution in [0.2, 0.25) is 0 Å². The lowest BCUT2D eigenvalue weighted by Gasteiger charge is -2.27. The number of nitrogens with one attached hydrogen (secondary N) is 1. The smallest absolute Gasteiger partial charge is 0.249 e. The number of hydrogen-bond donors (Lipinski definition) is 1. The molecular formula is C19H20N4O3S3. The number of nitrogens with zero attached hydrogens (tertiary/aromatic N) is 3. The normalized spacial score (nSPS) is 12.3. The van der Waals surface area contributed by atoms with Crippen molar-refractivity contribution < 1.29 is 13.2 Å². The first-order valence-electron chi connectivity index (χ1n) is 8.70. The summed E-state index contributed by atoms with van der Waals surface area (Å²) in [7, 11) is -3.65. The van der Waals surface area contributed by atoms with Crippen LogP contribution in [0.5, 0.6) is 0 Å². The van der Waals surface area contributed by atoms with E-state index in [0.717, 1.165) is 20.7 Å². The topological polar surface area (TPSA) is 92.3 Å². The lowest BCUT2D eigenvalue weighted by molar-refractivity contribution is -0.116. The van der Waals surface area contributed by atoms with E-state index in [1.165, 1.54) is 35.6 Å². The molecule has 0 saturated carbocycles. The predicted molar refractivity (Wildman–Crippen MR) is 118 cm³/mol. The van der Waals surface area contributed by atoms with Gasteiger partial charge in [0.15, 0.2) is 4.34 Å². The molecule has 1 amide bonds. The van der Waals surface area contributed by atoms with Gasteiger partial charge in [-0.2, -0.15) is 0 Å². The van der Waals surface area contributed by atoms with Gasteiger partial charge in [-0.25, -0.2) is 8.42 Å². The fourth-order valence-corrected chi connectivity index (χ4v) is 5.52. The number of carbonyl (C=O) groups excluding carboxylic acids is 1. The summed E-state index contributed by atoms with van der Waals surface area (Å²) in [5, 5.41) is 11.1. The summed E-state index contributed by atoms with van der Waals surface area (Å²) in [6, 6.07) is 17.5. The Kier molecular flexibility index (Phi) is 6.88. The quantitative estimate of drug-likeness (QED) is 0.418. The number of rotatable bonds is 8. The maximum absolute atomic E-state index is 12.7. The van der Waals surface area contributed by atoms with Gasteiger partial charge in [-0.15, -0.1) is 10.2 Å². The largest absolute Gasteiger partial charge is 0.299 e. The molecule has 3 aromatic rings. The van der Waals surface area contributed by atoms with Crippen molar-refractivity contribution >= 4 is 49.8 Å². The average Bonchev–Trinajstić information content (AvgIpc) is 3.14. The van der Waals surface area contributed by atoms with Crippen LogP contribution in [0.4, 0.5) is 10.8 Å². The summed E-state index contributed by atoms with van der Waals surface area (Å²) in [6.07, 6.45) is 1.08. The lowest BCUT2D eigenvalue weighted by atomic mass is 10.2. The van der Waals surface area contributed by atoms with E-state index < -0.39 is 22.0 Å². The number of thioether (sulfide) groups is 1. The molecule has 0 bridgehead atoms. The van der Waals surface area contributed by atoms with Gasteiger partial charge in [0.1, 0.15) is 6.04 Å². The molecule has 7 nitrogen and oxygen atoms in total. The number of aromatic nitrogens is 2. The summed E-state index contributed by atoms with van der Waals surface area (Å²) in [4.78, 5) is 12.7. The van der Waals surface area contributed by atoms with Gasteiger partial charge in [0.25, 0.3) is 0 Å². The highest BCUT2D eigenvalue weighted by atomic mass is 32.2. The Morgan fingerprint density at radius 2 is 1.72 bits per heavy atom. The van der Waals surface area contributed by atoms with Crippen LogP contribution >= 0.6 is 23.1 Å². The number of amides is 1. The van der Waals surface area contributed by atoms with E-state index in [2.05, 4.69) is 15.5 Å². The van der Waals surface area contributed by atoms with E-state index in [1.807, 2.05) is 30.3 Å². The van der Waals surface area contributed by atoms with Crippen molar-refractivity contribution in [1.29, 1.82) is 0 Å². The molecule has 1 atom stereocenters. The van der Waals surface area contributed by atoms with E-state index in [0.29, 0.717) is 10.8 Å². The van der Waals surface area contributed by atoms with Crippen LogP contribution in [-0.2, 0) is 20.6 Å². The Hall–Kier alpha value is -2.43. The molecule has 0 spiro atoms. The first-order chi connectivity index (χ1) is 13.8. The molecule has 29 heavy (non-hydrogen) atoms. The molecule has 1 aromatic heterocycles. The van der Waals surface area contributed by atoms with E-state index in [1.54, 1.807) is 30.3 Å². The number of anilines is 2. The van der Waals surface area contributed by atoms with Crippen molar-refractivity contribution in [2.75, 3.05) is 15.9 Å². The summed E-state index contributed by atoms with van der Waals surface area (Å²) in [5.41, 5.74) is 1.59. The SMILES string of the molecule is C[C@@H](C(=O)Nc1nnc(SCc2ccccc2)s1)N(c1ccccc1)S(C)(=O)=O. The van der Waals surface area contributed by atoms with Crippen molar-refractivity contribution in [2.45, 2.75) is 23.1 Å². The van der Waals surface area contributed by atoms with Crippen molar-refractivity contribution in [1.82, 2.24) is 10.2 Å². The second kappa shape index (κ2) is 9.38. The molecule has 1 N–H and O–H groups in total. The fraction of sp³-hybridized carbons (Fsp3) is 0.211. The van der Waals surface area contributed by atoms with E-state index in [9.17, 15) is 13.2 Å². The van der Waals surface area contributed by atoms with Gasteiger partial charge >= 0.3 is 0 Å². The van der Waals surface area contributed by atoms with Gasteiger partial charge in [-0.3, -0.25) is 14.4 Å². The molecule has 0 aliphatic heterocycles. The first-order valence-corrected chi connectivity index (χ1v) is 12.3. The molecule has 0 aliphatic carbocycles. The van der Waals surface area contributed by atoms with Crippen LogP contribution in [0.25, 0.3) is 0 Å². The predicted octanol–water partition coefficient (Wildman–Crippen LogP) is 3.62. The summed E-state index contributed by atoms with van der Waals surface area (Å²) in [6.45, 7) is 1.54. The minimum atomic E-state index is -3.65. The van der Waals surface area contributed by atoms with Crippen molar-refractivity contribution in [3.8, 4) is 0 Å². The van der Waals surface area contributed by atoms with Crippen LogP contribution in [-0.4, -0.2) is 36.8 Å². The van der Waals surface area contributed by atoms with Gasteiger partial charge in [0.05, 0.1) is 11.9 Å². The third kappa shape index (κ3) is 5.78.